The van der Waals surface area contributed by atoms with Gasteiger partial charge in [-0.2, -0.15) is 4.98 Å². The highest BCUT2D eigenvalue weighted by Crippen LogP contribution is 2.43. The topological polar surface area (TPSA) is 128 Å². The summed E-state index contributed by atoms with van der Waals surface area (Å²) in [5.41, 5.74) is 1.15. The summed E-state index contributed by atoms with van der Waals surface area (Å²) in [5.74, 6) is -0.266. The number of hydrogen-bond acceptors (Lipinski definition) is 6. The normalized spacial score (nSPS) is 17.2. The van der Waals surface area contributed by atoms with Crippen molar-refractivity contribution >= 4 is 23.0 Å². The second-order valence-electron chi connectivity index (χ2n) is 9.93. The fraction of sp³-hybridized carbons (Fsp3) is 0.250. The number of benzene rings is 3. The van der Waals surface area contributed by atoms with E-state index in [-0.39, 0.29) is 31.6 Å². The first kappa shape index (κ1) is 24.5. The molecule has 37 heavy (non-hydrogen) atoms. The van der Waals surface area contributed by atoms with Gasteiger partial charge in [-0.15, -0.1) is 0 Å². The zero-order valence-electron chi connectivity index (χ0n) is 20.6. The second kappa shape index (κ2) is 9.34. The number of imidazole rings is 1. The van der Waals surface area contributed by atoms with E-state index in [2.05, 4.69) is 15.3 Å². The van der Waals surface area contributed by atoms with Crippen molar-refractivity contribution in [3.05, 3.63) is 95.1 Å². The Morgan fingerprint density at radius 2 is 1.84 bits per heavy atom. The molecule has 0 fully saturated rings. The summed E-state index contributed by atoms with van der Waals surface area (Å²) >= 11 is 0. The van der Waals surface area contributed by atoms with Gasteiger partial charge in [0.25, 0.3) is 5.91 Å². The van der Waals surface area contributed by atoms with E-state index in [0.717, 1.165) is 5.56 Å². The number of ether oxygens (including phenoxy) is 1. The highest BCUT2D eigenvalue weighted by molar-refractivity contribution is 6.00. The number of H-pyrrole nitrogens is 1. The van der Waals surface area contributed by atoms with Gasteiger partial charge < -0.3 is 25.3 Å². The molecular formula is C28H28N4O5. The van der Waals surface area contributed by atoms with Crippen LogP contribution in [0.25, 0.3) is 11.0 Å². The van der Waals surface area contributed by atoms with Gasteiger partial charge in [-0.1, -0.05) is 68.4 Å². The smallest absolute Gasteiger partial charge is 0.396 e. The van der Waals surface area contributed by atoms with Crippen LogP contribution in [-0.4, -0.2) is 50.2 Å². The summed E-state index contributed by atoms with van der Waals surface area (Å²) in [6, 6.07) is 21.6. The molecule has 4 aromatic rings. The average molecular weight is 501 g/mol. The minimum Gasteiger partial charge on any atom is -0.396 e. The van der Waals surface area contributed by atoms with Crippen molar-refractivity contribution in [2.45, 2.75) is 26.1 Å². The molecular weight excluding hydrogens is 472 g/mol. The minimum absolute atomic E-state index is 0.0116. The van der Waals surface area contributed by atoms with Crippen LogP contribution in [-0.2, 0) is 12.3 Å². The molecule has 1 aromatic heterocycles. The predicted octanol–water partition coefficient (Wildman–Crippen LogP) is 3.52. The van der Waals surface area contributed by atoms with E-state index in [1.807, 2.05) is 44.2 Å². The van der Waals surface area contributed by atoms with E-state index < -0.39 is 17.2 Å². The fourth-order valence-corrected chi connectivity index (χ4v) is 4.42. The van der Waals surface area contributed by atoms with Gasteiger partial charge in [0.15, 0.2) is 5.72 Å². The lowest BCUT2D eigenvalue weighted by molar-refractivity contribution is -0.0542. The molecule has 0 spiro atoms. The molecule has 0 saturated carbocycles. The number of nitrogens with zero attached hydrogens (tertiary/aromatic N) is 2. The van der Waals surface area contributed by atoms with Gasteiger partial charge in [0.2, 0.25) is 0 Å². The number of fused-ring (bicyclic) bond motifs is 2. The molecule has 4 N–H and O–H groups in total. The summed E-state index contributed by atoms with van der Waals surface area (Å²) in [6.45, 7) is 3.98. The van der Waals surface area contributed by atoms with E-state index in [1.165, 1.54) is 4.90 Å². The predicted molar refractivity (Wildman–Crippen MR) is 137 cm³/mol. The Balaban J connectivity index is 1.47. The molecule has 1 aliphatic heterocycles. The highest BCUT2D eigenvalue weighted by atomic mass is 16.6. The average Bonchev–Trinajstić information content (AvgIpc) is 3.40. The lowest BCUT2D eigenvalue weighted by atomic mass is 9.93. The number of amides is 2. The van der Waals surface area contributed by atoms with Crippen LogP contribution < -0.4 is 10.1 Å². The van der Waals surface area contributed by atoms with Gasteiger partial charge in [-0.05, 0) is 23.8 Å². The maximum atomic E-state index is 13.4. The highest BCUT2D eigenvalue weighted by Gasteiger charge is 2.49. The Kier molecular flexibility index (Phi) is 6.18. The first-order valence-electron chi connectivity index (χ1n) is 12.0. The number of aliphatic hydroxyl groups is 2. The molecule has 0 saturated heterocycles. The molecule has 3 aromatic carbocycles. The number of rotatable bonds is 7. The molecule has 190 valence electrons. The summed E-state index contributed by atoms with van der Waals surface area (Å²) in [7, 11) is 0. The number of aromatic amines is 1. The van der Waals surface area contributed by atoms with Gasteiger partial charge >= 0.3 is 12.1 Å². The summed E-state index contributed by atoms with van der Waals surface area (Å²) in [4.78, 5) is 34.3. The molecule has 2 amide bonds. The van der Waals surface area contributed by atoms with Crippen LogP contribution in [0.5, 0.6) is 6.01 Å². The molecule has 0 aliphatic carbocycles. The van der Waals surface area contributed by atoms with Crippen molar-refractivity contribution in [3.63, 3.8) is 0 Å². The molecule has 0 radical (unpaired) electrons. The number of nitrogens with one attached hydrogen (secondary N) is 2. The summed E-state index contributed by atoms with van der Waals surface area (Å²) in [6.07, 6.45) is -0.705. The van der Waals surface area contributed by atoms with E-state index in [9.17, 15) is 19.8 Å². The Labute approximate surface area is 213 Å². The molecule has 1 atom stereocenters. The minimum atomic E-state index is -1.71. The van der Waals surface area contributed by atoms with Crippen molar-refractivity contribution in [1.82, 2.24) is 20.2 Å². The lowest BCUT2D eigenvalue weighted by Gasteiger charge is -2.35. The Bertz CT molecular complexity index is 1470. The number of aromatic nitrogens is 2. The Morgan fingerprint density at radius 1 is 1.11 bits per heavy atom. The summed E-state index contributed by atoms with van der Waals surface area (Å²) < 4.78 is 5.28. The lowest BCUT2D eigenvalue weighted by Crippen LogP contribution is -2.44. The van der Waals surface area contributed by atoms with Crippen molar-refractivity contribution in [3.8, 4) is 6.01 Å². The van der Waals surface area contributed by atoms with E-state index in [4.69, 9.17) is 4.74 Å². The van der Waals surface area contributed by atoms with Crippen LogP contribution in [0.1, 0.15) is 40.9 Å². The number of aliphatic hydroxyl groups excluding tert-OH is 1. The van der Waals surface area contributed by atoms with Gasteiger partial charge in [0.05, 0.1) is 11.0 Å². The third kappa shape index (κ3) is 4.54. The SMILES string of the molecule is CC(C)(CO)CNC(=O)Oc1nc2ccc(C3(O)c4ccccc4C(=O)N3Cc3ccccc3)cc2[nH]1. The van der Waals surface area contributed by atoms with Crippen molar-refractivity contribution < 1.29 is 24.5 Å². The van der Waals surface area contributed by atoms with Gasteiger partial charge in [0, 0.05) is 41.8 Å². The fourth-order valence-electron chi connectivity index (χ4n) is 4.42. The molecule has 9 heteroatoms. The monoisotopic (exact) mass is 500 g/mol. The zero-order chi connectivity index (χ0) is 26.2. The molecule has 0 bridgehead atoms. The van der Waals surface area contributed by atoms with Crippen LogP contribution >= 0.6 is 0 Å². The van der Waals surface area contributed by atoms with Gasteiger partial charge in [0.1, 0.15) is 0 Å². The molecule has 9 nitrogen and oxygen atoms in total. The largest absolute Gasteiger partial charge is 0.415 e. The van der Waals surface area contributed by atoms with Gasteiger partial charge in [-0.3, -0.25) is 9.69 Å². The molecule has 5 rings (SSSR count). The first-order chi connectivity index (χ1) is 17.7. The van der Waals surface area contributed by atoms with Crippen LogP contribution in [0.2, 0.25) is 0 Å². The van der Waals surface area contributed by atoms with Crippen LogP contribution in [0.3, 0.4) is 0 Å². The third-order valence-electron chi connectivity index (χ3n) is 6.54. The maximum Gasteiger partial charge on any atom is 0.415 e. The van der Waals surface area contributed by atoms with Crippen LogP contribution in [0, 0.1) is 5.41 Å². The number of hydrogen-bond donors (Lipinski definition) is 4. The Hall–Kier alpha value is -4.21. The van der Waals surface area contributed by atoms with E-state index in [0.29, 0.717) is 27.7 Å². The zero-order valence-corrected chi connectivity index (χ0v) is 20.6. The third-order valence-corrected chi connectivity index (χ3v) is 6.54. The van der Waals surface area contributed by atoms with E-state index in [1.54, 1.807) is 42.5 Å². The quantitative estimate of drug-likeness (QED) is 0.307. The van der Waals surface area contributed by atoms with Crippen molar-refractivity contribution in [2.24, 2.45) is 5.41 Å². The summed E-state index contributed by atoms with van der Waals surface area (Å²) in [5, 5.41) is 24.1. The van der Waals surface area contributed by atoms with Crippen LogP contribution in [0.15, 0.2) is 72.8 Å². The van der Waals surface area contributed by atoms with Gasteiger partial charge in [-0.25, -0.2) is 4.79 Å². The maximum absolute atomic E-state index is 13.4. The standard InChI is InChI=1S/C28H28N4O5/c1-27(2,17-33)16-29-26(35)37-25-30-22-13-12-19(14-23(22)31-25)28(36)21-11-7-6-10-20(21)24(34)32(28)15-18-8-4-3-5-9-18/h3-14,33,36H,15-17H2,1-2H3,(H,29,35)(H,30,31). The molecule has 1 aliphatic rings. The molecule has 1 unspecified atom stereocenters. The van der Waals surface area contributed by atoms with E-state index >= 15 is 0 Å². The van der Waals surface area contributed by atoms with Crippen molar-refractivity contribution in [2.75, 3.05) is 13.2 Å². The first-order valence-corrected chi connectivity index (χ1v) is 12.0. The van der Waals surface area contributed by atoms with Crippen LogP contribution in [0.4, 0.5) is 4.79 Å². The Morgan fingerprint density at radius 3 is 2.59 bits per heavy atom. The number of carbonyl (C=O) groups excluding carboxylic acids is 2. The van der Waals surface area contributed by atoms with Crippen molar-refractivity contribution in [1.29, 1.82) is 0 Å². The second-order valence-corrected chi connectivity index (χ2v) is 9.93. The molecule has 2 heterocycles. The number of carbonyl (C=O) groups is 2.